The minimum Gasteiger partial charge on any atom is -0.272 e. The Kier molecular flexibility index (Phi) is 5.37. The third-order valence-corrected chi connectivity index (χ3v) is 5.71. The third kappa shape index (κ3) is 3.49. The normalized spacial score (nSPS) is 12.8. The van der Waals surface area contributed by atoms with E-state index in [1.165, 1.54) is 20.6 Å². The number of halogens is 1. The number of hydrogen-bond donors (Lipinski definition) is 2. The highest BCUT2D eigenvalue weighted by Gasteiger charge is 2.14. The van der Waals surface area contributed by atoms with Crippen LogP contribution in [0.3, 0.4) is 0 Å². The van der Waals surface area contributed by atoms with Crippen molar-refractivity contribution >= 4 is 27.3 Å². The molecule has 2 rings (SSSR count). The Morgan fingerprint density at radius 2 is 2.25 bits per heavy atom. The molecule has 0 amide bonds. The SMILES string of the molecule is Cc1nn(C)c(C)c1CCC(Cc1sccc1Br)NN. The average molecular weight is 357 g/mol. The quantitative estimate of drug-likeness (QED) is 0.617. The van der Waals surface area contributed by atoms with Crippen LogP contribution in [0, 0.1) is 13.8 Å². The van der Waals surface area contributed by atoms with Crippen LogP contribution in [-0.2, 0) is 19.9 Å². The highest BCUT2D eigenvalue weighted by Crippen LogP contribution is 2.25. The van der Waals surface area contributed by atoms with E-state index in [0.29, 0.717) is 0 Å². The van der Waals surface area contributed by atoms with Crippen molar-refractivity contribution in [1.29, 1.82) is 0 Å². The van der Waals surface area contributed by atoms with Gasteiger partial charge in [-0.25, -0.2) is 0 Å². The molecule has 1 atom stereocenters. The minimum absolute atomic E-state index is 0.281. The lowest BCUT2D eigenvalue weighted by molar-refractivity contribution is 0.493. The first-order valence-electron chi connectivity index (χ1n) is 6.70. The lowest BCUT2D eigenvalue weighted by atomic mass is 10.0. The summed E-state index contributed by atoms with van der Waals surface area (Å²) in [5.74, 6) is 5.70. The standard InChI is InChI=1S/C14H21BrN4S/c1-9-12(10(2)19(3)18-9)5-4-11(17-16)8-14-13(15)6-7-20-14/h6-7,11,17H,4-5,8,16H2,1-3H3. The number of nitrogens with zero attached hydrogens (tertiary/aromatic N) is 2. The first kappa shape index (κ1) is 15.7. The number of rotatable bonds is 6. The molecule has 0 aliphatic rings. The Bertz CT molecular complexity index is 576. The van der Waals surface area contributed by atoms with Crippen molar-refractivity contribution in [2.75, 3.05) is 0 Å². The van der Waals surface area contributed by atoms with Gasteiger partial charge in [0.25, 0.3) is 0 Å². The highest BCUT2D eigenvalue weighted by atomic mass is 79.9. The molecular weight excluding hydrogens is 336 g/mol. The molecule has 2 aromatic rings. The van der Waals surface area contributed by atoms with Crippen molar-refractivity contribution in [2.24, 2.45) is 12.9 Å². The Labute approximate surface area is 132 Å². The predicted octanol–water partition coefficient (Wildman–Crippen LogP) is 2.87. The van der Waals surface area contributed by atoms with E-state index in [1.807, 2.05) is 11.7 Å². The summed E-state index contributed by atoms with van der Waals surface area (Å²) in [6.07, 6.45) is 2.96. The molecule has 6 heteroatoms. The molecule has 0 bridgehead atoms. The molecule has 110 valence electrons. The van der Waals surface area contributed by atoms with Gasteiger partial charge in [-0.1, -0.05) is 0 Å². The zero-order chi connectivity index (χ0) is 14.7. The van der Waals surface area contributed by atoms with E-state index in [4.69, 9.17) is 5.84 Å². The van der Waals surface area contributed by atoms with Crippen LogP contribution < -0.4 is 11.3 Å². The zero-order valence-corrected chi connectivity index (χ0v) is 14.5. The van der Waals surface area contributed by atoms with E-state index in [-0.39, 0.29) is 6.04 Å². The van der Waals surface area contributed by atoms with Crippen LogP contribution in [0.5, 0.6) is 0 Å². The first-order valence-corrected chi connectivity index (χ1v) is 8.37. The molecule has 4 nitrogen and oxygen atoms in total. The summed E-state index contributed by atoms with van der Waals surface area (Å²) in [4.78, 5) is 1.34. The maximum atomic E-state index is 5.70. The lowest BCUT2D eigenvalue weighted by Crippen LogP contribution is -2.37. The van der Waals surface area contributed by atoms with Gasteiger partial charge in [-0.05, 0) is 66.0 Å². The van der Waals surface area contributed by atoms with Crippen molar-refractivity contribution in [3.8, 4) is 0 Å². The Morgan fingerprint density at radius 3 is 2.75 bits per heavy atom. The topological polar surface area (TPSA) is 55.9 Å². The molecule has 20 heavy (non-hydrogen) atoms. The third-order valence-electron chi connectivity index (χ3n) is 3.76. The van der Waals surface area contributed by atoms with Gasteiger partial charge in [0.15, 0.2) is 0 Å². The summed E-state index contributed by atoms with van der Waals surface area (Å²) in [7, 11) is 1.99. The summed E-state index contributed by atoms with van der Waals surface area (Å²) in [6, 6.07) is 2.37. The van der Waals surface area contributed by atoms with Crippen LogP contribution in [0.15, 0.2) is 15.9 Å². The lowest BCUT2D eigenvalue weighted by Gasteiger charge is -2.15. The van der Waals surface area contributed by atoms with Crippen LogP contribution >= 0.6 is 27.3 Å². The maximum absolute atomic E-state index is 5.70. The van der Waals surface area contributed by atoms with Crippen molar-refractivity contribution in [3.05, 3.63) is 37.7 Å². The molecule has 0 saturated heterocycles. The van der Waals surface area contributed by atoms with Gasteiger partial charge < -0.3 is 0 Å². The largest absolute Gasteiger partial charge is 0.272 e. The van der Waals surface area contributed by atoms with Crippen LogP contribution in [0.2, 0.25) is 0 Å². The van der Waals surface area contributed by atoms with E-state index in [0.717, 1.165) is 25.0 Å². The second kappa shape index (κ2) is 6.85. The summed E-state index contributed by atoms with van der Waals surface area (Å²) >= 11 is 5.34. The van der Waals surface area contributed by atoms with Crippen LogP contribution in [-0.4, -0.2) is 15.8 Å². The fourth-order valence-electron chi connectivity index (χ4n) is 2.44. The van der Waals surface area contributed by atoms with E-state index in [1.54, 1.807) is 11.3 Å². The van der Waals surface area contributed by atoms with Gasteiger partial charge in [-0.15, -0.1) is 11.3 Å². The molecular formula is C14H21BrN4S. The monoisotopic (exact) mass is 356 g/mol. The maximum Gasteiger partial charge on any atom is 0.0628 e. The number of nitrogens with two attached hydrogens (primary N) is 1. The Morgan fingerprint density at radius 1 is 1.50 bits per heavy atom. The first-order chi connectivity index (χ1) is 9.52. The molecule has 0 radical (unpaired) electrons. The molecule has 2 aromatic heterocycles. The van der Waals surface area contributed by atoms with Gasteiger partial charge in [0.2, 0.25) is 0 Å². The number of nitrogens with one attached hydrogen (secondary N) is 1. The van der Waals surface area contributed by atoms with Crippen LogP contribution in [0.1, 0.15) is 28.2 Å². The molecule has 0 fully saturated rings. The van der Waals surface area contributed by atoms with Gasteiger partial charge in [0.05, 0.1) is 5.69 Å². The minimum atomic E-state index is 0.281. The molecule has 2 heterocycles. The van der Waals surface area contributed by atoms with Crippen molar-refractivity contribution in [2.45, 2.75) is 39.2 Å². The van der Waals surface area contributed by atoms with Gasteiger partial charge in [-0.3, -0.25) is 16.0 Å². The predicted molar refractivity (Wildman–Crippen MR) is 87.8 cm³/mol. The van der Waals surface area contributed by atoms with Gasteiger partial charge in [0, 0.05) is 28.1 Å². The average Bonchev–Trinajstić information content (AvgIpc) is 2.91. The summed E-state index contributed by atoms with van der Waals surface area (Å²) in [6.45, 7) is 4.19. The van der Waals surface area contributed by atoms with Gasteiger partial charge >= 0.3 is 0 Å². The zero-order valence-electron chi connectivity index (χ0n) is 12.1. The van der Waals surface area contributed by atoms with Crippen molar-refractivity contribution in [3.63, 3.8) is 0 Å². The molecule has 0 aliphatic heterocycles. The molecule has 0 aromatic carbocycles. The molecule has 0 aliphatic carbocycles. The Balaban J connectivity index is 1.99. The molecule has 0 spiro atoms. The number of hydrogen-bond acceptors (Lipinski definition) is 4. The molecule has 3 N–H and O–H groups in total. The van der Waals surface area contributed by atoms with Crippen LogP contribution in [0.25, 0.3) is 0 Å². The van der Waals surface area contributed by atoms with E-state index >= 15 is 0 Å². The van der Waals surface area contributed by atoms with Crippen molar-refractivity contribution in [1.82, 2.24) is 15.2 Å². The summed E-state index contributed by atoms with van der Waals surface area (Å²) in [5.41, 5.74) is 6.66. The van der Waals surface area contributed by atoms with Crippen molar-refractivity contribution < 1.29 is 0 Å². The van der Waals surface area contributed by atoms with E-state index in [2.05, 4.69) is 51.7 Å². The van der Waals surface area contributed by atoms with E-state index < -0.39 is 0 Å². The number of hydrazine groups is 1. The number of thiophene rings is 1. The summed E-state index contributed by atoms with van der Waals surface area (Å²) < 4.78 is 3.13. The number of aromatic nitrogens is 2. The second-order valence-electron chi connectivity index (χ2n) is 5.07. The second-order valence-corrected chi connectivity index (χ2v) is 6.93. The highest BCUT2D eigenvalue weighted by molar-refractivity contribution is 9.10. The molecule has 0 saturated carbocycles. The Hall–Kier alpha value is -0.690. The number of aryl methyl sites for hydroxylation is 2. The van der Waals surface area contributed by atoms with Crippen LogP contribution in [0.4, 0.5) is 0 Å². The van der Waals surface area contributed by atoms with E-state index in [9.17, 15) is 0 Å². The van der Waals surface area contributed by atoms with Gasteiger partial charge in [0.1, 0.15) is 0 Å². The van der Waals surface area contributed by atoms with Gasteiger partial charge in [-0.2, -0.15) is 5.10 Å². The summed E-state index contributed by atoms with van der Waals surface area (Å²) in [5, 5.41) is 6.56. The smallest absolute Gasteiger partial charge is 0.0628 e. The fourth-order valence-corrected chi connectivity index (χ4v) is 4.03. The fraction of sp³-hybridized carbons (Fsp3) is 0.500. The molecule has 1 unspecified atom stereocenters.